The Kier molecular flexibility index (Phi) is 5.46. The summed E-state index contributed by atoms with van der Waals surface area (Å²) in [5.74, 6) is 1.14. The quantitative estimate of drug-likeness (QED) is 0.479. The fourth-order valence-corrected chi connectivity index (χ4v) is 3.22. The summed E-state index contributed by atoms with van der Waals surface area (Å²) in [5, 5.41) is 10.6. The monoisotopic (exact) mass is 390 g/mol. The lowest BCUT2D eigenvalue weighted by molar-refractivity contribution is 0.422. The zero-order valence-corrected chi connectivity index (χ0v) is 16.1. The maximum Gasteiger partial charge on any atom is 0.280 e. The molecule has 1 unspecified atom stereocenters. The van der Waals surface area contributed by atoms with Crippen LogP contribution in [0.1, 0.15) is 25.8 Å². The SMILES string of the molecule is CCC(CCNc1cc(-n2[nH]cc(-c3cccnc3)c2=O)ncn1)n1cccn1. The standard InChI is InChI=1S/C20H22N8O/c1-2-16(27-10-4-8-25-27)6-9-22-18-11-19(24-14-23-18)28-20(29)17(13-26-28)15-5-3-7-21-12-15/h3-5,7-8,10-14,16,26H,2,6,9H2,1H3,(H,22,23,24). The Hall–Kier alpha value is -3.75. The fourth-order valence-electron chi connectivity index (χ4n) is 3.22. The van der Waals surface area contributed by atoms with Gasteiger partial charge >= 0.3 is 0 Å². The van der Waals surface area contributed by atoms with Crippen molar-refractivity contribution in [2.75, 3.05) is 11.9 Å². The lowest BCUT2D eigenvalue weighted by atomic mass is 10.1. The van der Waals surface area contributed by atoms with Gasteiger partial charge in [0, 0.05) is 49.2 Å². The molecule has 0 radical (unpaired) electrons. The third-order valence-corrected chi connectivity index (χ3v) is 4.78. The molecular weight excluding hydrogens is 368 g/mol. The first kappa shape index (κ1) is 18.6. The summed E-state index contributed by atoms with van der Waals surface area (Å²) >= 11 is 0. The molecule has 2 N–H and O–H groups in total. The number of rotatable bonds is 8. The molecule has 29 heavy (non-hydrogen) atoms. The zero-order valence-electron chi connectivity index (χ0n) is 16.1. The Bertz CT molecular complexity index is 1100. The molecule has 9 nitrogen and oxygen atoms in total. The van der Waals surface area contributed by atoms with E-state index in [1.54, 1.807) is 36.9 Å². The van der Waals surface area contributed by atoms with E-state index in [0.29, 0.717) is 23.2 Å². The van der Waals surface area contributed by atoms with E-state index in [1.807, 2.05) is 23.0 Å². The van der Waals surface area contributed by atoms with Gasteiger partial charge in [-0.2, -0.15) is 5.10 Å². The van der Waals surface area contributed by atoms with Gasteiger partial charge in [0.2, 0.25) is 0 Å². The lowest BCUT2D eigenvalue weighted by Gasteiger charge is -2.16. The molecule has 0 aliphatic heterocycles. The Morgan fingerprint density at radius 3 is 2.93 bits per heavy atom. The minimum atomic E-state index is -0.188. The predicted octanol–water partition coefficient (Wildman–Crippen LogP) is 2.67. The molecule has 0 aliphatic carbocycles. The summed E-state index contributed by atoms with van der Waals surface area (Å²) in [6.07, 6.45) is 12.1. The molecule has 0 saturated carbocycles. The number of nitrogens with one attached hydrogen (secondary N) is 2. The highest BCUT2D eigenvalue weighted by molar-refractivity contribution is 5.60. The molecular formula is C20H22N8O. The van der Waals surface area contributed by atoms with Gasteiger partial charge in [0.25, 0.3) is 5.56 Å². The van der Waals surface area contributed by atoms with Gasteiger partial charge in [-0.15, -0.1) is 0 Å². The van der Waals surface area contributed by atoms with Crippen LogP contribution in [0.25, 0.3) is 16.9 Å². The highest BCUT2D eigenvalue weighted by Gasteiger charge is 2.12. The third-order valence-electron chi connectivity index (χ3n) is 4.78. The smallest absolute Gasteiger partial charge is 0.280 e. The second-order valence-electron chi connectivity index (χ2n) is 6.59. The normalized spacial score (nSPS) is 12.0. The first-order valence-corrected chi connectivity index (χ1v) is 9.52. The maximum atomic E-state index is 12.8. The maximum absolute atomic E-state index is 12.8. The zero-order chi connectivity index (χ0) is 20.1. The fraction of sp³-hybridized carbons (Fsp3) is 0.250. The van der Waals surface area contributed by atoms with E-state index in [0.717, 1.165) is 24.9 Å². The van der Waals surface area contributed by atoms with E-state index in [2.05, 4.69) is 37.4 Å². The van der Waals surface area contributed by atoms with Gasteiger partial charge < -0.3 is 5.32 Å². The van der Waals surface area contributed by atoms with Gasteiger partial charge in [-0.1, -0.05) is 13.0 Å². The molecule has 0 spiro atoms. The van der Waals surface area contributed by atoms with E-state index in [9.17, 15) is 4.79 Å². The second-order valence-corrected chi connectivity index (χ2v) is 6.59. The van der Waals surface area contributed by atoms with Crippen LogP contribution in [0.15, 0.2) is 66.4 Å². The number of hydrogen-bond acceptors (Lipinski definition) is 6. The van der Waals surface area contributed by atoms with Crippen LogP contribution in [0.2, 0.25) is 0 Å². The highest BCUT2D eigenvalue weighted by Crippen LogP contribution is 2.16. The Morgan fingerprint density at radius 2 is 2.17 bits per heavy atom. The molecule has 4 aromatic heterocycles. The van der Waals surface area contributed by atoms with Crippen LogP contribution in [-0.4, -0.2) is 41.1 Å². The minimum Gasteiger partial charge on any atom is -0.370 e. The molecule has 0 aliphatic rings. The molecule has 1 atom stereocenters. The largest absolute Gasteiger partial charge is 0.370 e. The molecule has 0 fully saturated rings. The summed E-state index contributed by atoms with van der Waals surface area (Å²) in [5.41, 5.74) is 1.10. The molecule has 4 aromatic rings. The number of aromatic amines is 1. The van der Waals surface area contributed by atoms with Crippen molar-refractivity contribution in [3.63, 3.8) is 0 Å². The molecule has 9 heteroatoms. The van der Waals surface area contributed by atoms with Crippen LogP contribution < -0.4 is 10.9 Å². The molecule has 4 rings (SSSR count). The van der Waals surface area contributed by atoms with Crippen molar-refractivity contribution in [3.8, 4) is 16.9 Å². The van der Waals surface area contributed by atoms with Crippen LogP contribution in [0.4, 0.5) is 5.82 Å². The van der Waals surface area contributed by atoms with Crippen molar-refractivity contribution in [1.82, 2.24) is 34.5 Å². The number of H-pyrrole nitrogens is 1. The van der Waals surface area contributed by atoms with Crippen molar-refractivity contribution in [1.29, 1.82) is 0 Å². The van der Waals surface area contributed by atoms with Gasteiger partial charge in [0.15, 0.2) is 5.82 Å². The predicted molar refractivity (Wildman–Crippen MR) is 110 cm³/mol. The number of hydrogen-bond donors (Lipinski definition) is 2. The van der Waals surface area contributed by atoms with Crippen molar-refractivity contribution < 1.29 is 0 Å². The van der Waals surface area contributed by atoms with E-state index in [1.165, 1.54) is 11.0 Å². The van der Waals surface area contributed by atoms with Crippen LogP contribution in [0.5, 0.6) is 0 Å². The van der Waals surface area contributed by atoms with Gasteiger partial charge in [-0.25, -0.2) is 14.6 Å². The van der Waals surface area contributed by atoms with Crippen LogP contribution in [0.3, 0.4) is 0 Å². The molecule has 148 valence electrons. The molecule has 0 bridgehead atoms. The topological polar surface area (TPSA) is 106 Å². The molecule has 0 amide bonds. The Labute approximate surface area is 167 Å². The average molecular weight is 390 g/mol. The van der Waals surface area contributed by atoms with E-state index >= 15 is 0 Å². The van der Waals surface area contributed by atoms with Crippen molar-refractivity contribution in [3.05, 3.63) is 71.9 Å². The van der Waals surface area contributed by atoms with Gasteiger partial charge in [-0.3, -0.25) is 19.6 Å². The highest BCUT2D eigenvalue weighted by atomic mass is 16.1. The van der Waals surface area contributed by atoms with Crippen LogP contribution >= 0.6 is 0 Å². The van der Waals surface area contributed by atoms with E-state index < -0.39 is 0 Å². The van der Waals surface area contributed by atoms with Gasteiger partial charge in [0.1, 0.15) is 12.1 Å². The van der Waals surface area contributed by atoms with Crippen LogP contribution in [0, 0.1) is 0 Å². The molecule has 4 heterocycles. The molecule has 0 saturated heterocycles. The number of anilines is 1. The summed E-state index contributed by atoms with van der Waals surface area (Å²) in [7, 11) is 0. The van der Waals surface area contributed by atoms with Crippen molar-refractivity contribution in [2.24, 2.45) is 0 Å². The summed E-state index contributed by atoms with van der Waals surface area (Å²) < 4.78 is 3.37. The number of aromatic nitrogens is 7. The minimum absolute atomic E-state index is 0.188. The average Bonchev–Trinajstić information content (AvgIpc) is 3.42. The Morgan fingerprint density at radius 1 is 1.24 bits per heavy atom. The summed E-state index contributed by atoms with van der Waals surface area (Å²) in [4.78, 5) is 25.3. The van der Waals surface area contributed by atoms with Gasteiger partial charge in [-0.05, 0) is 25.0 Å². The summed E-state index contributed by atoms with van der Waals surface area (Å²) in [6.45, 7) is 2.88. The second kappa shape index (κ2) is 8.51. The summed E-state index contributed by atoms with van der Waals surface area (Å²) in [6, 6.07) is 7.65. The van der Waals surface area contributed by atoms with Crippen LogP contribution in [-0.2, 0) is 0 Å². The molecule has 0 aromatic carbocycles. The first-order valence-electron chi connectivity index (χ1n) is 9.52. The number of nitrogens with zero attached hydrogens (tertiary/aromatic N) is 6. The number of pyridine rings is 1. The lowest BCUT2D eigenvalue weighted by Crippen LogP contribution is -2.18. The van der Waals surface area contributed by atoms with Crippen molar-refractivity contribution in [2.45, 2.75) is 25.8 Å². The third kappa shape index (κ3) is 4.08. The Balaban J connectivity index is 1.47. The van der Waals surface area contributed by atoms with E-state index in [4.69, 9.17) is 0 Å². The van der Waals surface area contributed by atoms with Crippen molar-refractivity contribution >= 4 is 5.82 Å². The first-order chi connectivity index (χ1) is 14.3. The van der Waals surface area contributed by atoms with Gasteiger partial charge in [0.05, 0.1) is 11.6 Å². The van der Waals surface area contributed by atoms with E-state index in [-0.39, 0.29) is 5.56 Å².